The highest BCUT2D eigenvalue weighted by atomic mass is 14.9. The van der Waals surface area contributed by atoms with Crippen molar-refractivity contribution in [2.45, 2.75) is 13.3 Å². The van der Waals surface area contributed by atoms with E-state index in [1.807, 2.05) is 18.3 Å². The molecule has 0 saturated heterocycles. The predicted octanol–water partition coefficient (Wildman–Crippen LogP) is 2.44. The van der Waals surface area contributed by atoms with Crippen LogP contribution in [0.25, 0.3) is 11.4 Å². The molecule has 0 amide bonds. The summed E-state index contributed by atoms with van der Waals surface area (Å²) in [7, 11) is 0. The lowest BCUT2D eigenvalue weighted by Crippen LogP contribution is -1.84. The van der Waals surface area contributed by atoms with Crippen molar-refractivity contribution in [3.05, 3.63) is 42.2 Å². The van der Waals surface area contributed by atoms with Gasteiger partial charge in [-0.2, -0.15) is 0 Å². The van der Waals surface area contributed by atoms with Crippen LogP contribution in [0.1, 0.15) is 12.5 Å². The molecule has 0 aliphatic heterocycles. The highest BCUT2D eigenvalue weighted by Gasteiger charge is 1.99. The van der Waals surface area contributed by atoms with E-state index in [0.29, 0.717) is 0 Å². The molecule has 1 aromatic heterocycles. The van der Waals surface area contributed by atoms with Crippen LogP contribution in [-0.2, 0) is 6.42 Å². The zero-order valence-electron chi connectivity index (χ0n) is 7.54. The standard InChI is InChI=1S/C11H11N2/c1-2-9-4-3-5-10(8-9)11-12-6-7-13-11/h3,5-8H,2H2,1H3,(H,12,13). The molecule has 13 heavy (non-hydrogen) atoms. The molecule has 1 radical (unpaired) electrons. The second-order valence-corrected chi connectivity index (χ2v) is 2.89. The Bertz CT molecular complexity index is 377. The van der Waals surface area contributed by atoms with Crippen molar-refractivity contribution in [1.82, 2.24) is 9.97 Å². The number of aromatic nitrogens is 2. The summed E-state index contributed by atoms with van der Waals surface area (Å²) in [4.78, 5) is 7.27. The Morgan fingerprint density at radius 2 is 2.46 bits per heavy atom. The zero-order chi connectivity index (χ0) is 9.10. The molecule has 1 N–H and O–H groups in total. The maximum absolute atomic E-state index is 4.19. The number of rotatable bonds is 2. The maximum atomic E-state index is 4.19. The average molecular weight is 171 g/mol. The van der Waals surface area contributed by atoms with Gasteiger partial charge >= 0.3 is 0 Å². The fourth-order valence-corrected chi connectivity index (χ4v) is 1.29. The van der Waals surface area contributed by atoms with Crippen LogP contribution in [0.5, 0.6) is 0 Å². The summed E-state index contributed by atoms with van der Waals surface area (Å²) in [5, 5.41) is 0. The van der Waals surface area contributed by atoms with Crippen molar-refractivity contribution in [3.63, 3.8) is 0 Å². The van der Waals surface area contributed by atoms with Crippen LogP contribution in [-0.4, -0.2) is 9.97 Å². The summed E-state index contributed by atoms with van der Waals surface area (Å²) in [6.07, 6.45) is 4.60. The van der Waals surface area contributed by atoms with Crippen LogP contribution in [0, 0.1) is 6.07 Å². The van der Waals surface area contributed by atoms with Crippen LogP contribution < -0.4 is 0 Å². The van der Waals surface area contributed by atoms with Crippen molar-refractivity contribution in [3.8, 4) is 11.4 Å². The lowest BCUT2D eigenvalue weighted by atomic mass is 10.1. The largest absolute Gasteiger partial charge is 0.345 e. The smallest absolute Gasteiger partial charge is 0.137 e. The quantitative estimate of drug-likeness (QED) is 0.738. The zero-order valence-corrected chi connectivity index (χ0v) is 7.54. The first-order chi connectivity index (χ1) is 6.40. The summed E-state index contributed by atoms with van der Waals surface area (Å²) in [5.74, 6) is 0.920. The van der Waals surface area contributed by atoms with E-state index in [0.717, 1.165) is 17.8 Å². The summed E-state index contributed by atoms with van der Waals surface area (Å²) in [6.45, 7) is 2.12. The monoisotopic (exact) mass is 171 g/mol. The number of benzene rings is 1. The lowest BCUT2D eigenvalue weighted by molar-refractivity contribution is 1.13. The van der Waals surface area contributed by atoms with Gasteiger partial charge in [-0.1, -0.05) is 19.1 Å². The van der Waals surface area contributed by atoms with Gasteiger partial charge in [-0.25, -0.2) is 4.98 Å². The van der Waals surface area contributed by atoms with Gasteiger partial charge in [0, 0.05) is 18.0 Å². The Morgan fingerprint density at radius 1 is 1.54 bits per heavy atom. The van der Waals surface area contributed by atoms with Gasteiger partial charge in [0.1, 0.15) is 5.82 Å². The third kappa shape index (κ3) is 1.61. The number of aromatic amines is 1. The van der Waals surface area contributed by atoms with E-state index in [2.05, 4.69) is 29.0 Å². The highest BCUT2D eigenvalue weighted by Crippen LogP contribution is 2.15. The van der Waals surface area contributed by atoms with Crippen LogP contribution in [0.4, 0.5) is 0 Å². The third-order valence-electron chi connectivity index (χ3n) is 2.01. The third-order valence-corrected chi connectivity index (χ3v) is 2.01. The van der Waals surface area contributed by atoms with Crippen LogP contribution in [0.2, 0.25) is 0 Å². The topological polar surface area (TPSA) is 28.7 Å². The molecule has 0 aliphatic rings. The number of nitrogens with one attached hydrogen (secondary N) is 1. The van der Waals surface area contributed by atoms with Gasteiger partial charge in [-0.05, 0) is 24.1 Å². The molecule has 0 aliphatic carbocycles. The lowest BCUT2D eigenvalue weighted by Gasteiger charge is -1.99. The Labute approximate surface area is 77.6 Å². The number of hydrogen-bond acceptors (Lipinski definition) is 1. The minimum absolute atomic E-state index is 0.920. The van der Waals surface area contributed by atoms with Crippen molar-refractivity contribution in [1.29, 1.82) is 0 Å². The molecule has 2 aromatic rings. The molecule has 0 fully saturated rings. The van der Waals surface area contributed by atoms with E-state index in [4.69, 9.17) is 0 Å². The molecule has 65 valence electrons. The van der Waals surface area contributed by atoms with E-state index in [1.54, 1.807) is 6.20 Å². The molecule has 2 rings (SSSR count). The molecule has 1 aromatic carbocycles. The second-order valence-electron chi connectivity index (χ2n) is 2.89. The van der Waals surface area contributed by atoms with E-state index in [-0.39, 0.29) is 0 Å². The number of nitrogens with zero attached hydrogens (tertiary/aromatic N) is 1. The molecule has 0 saturated carbocycles. The van der Waals surface area contributed by atoms with Crippen molar-refractivity contribution >= 4 is 0 Å². The predicted molar refractivity (Wildman–Crippen MR) is 52.2 cm³/mol. The maximum Gasteiger partial charge on any atom is 0.137 e. The number of H-pyrrole nitrogens is 1. The Hall–Kier alpha value is -1.57. The summed E-state index contributed by atoms with van der Waals surface area (Å²) in [5.41, 5.74) is 2.34. The normalized spacial score (nSPS) is 10.2. The molecular weight excluding hydrogens is 160 g/mol. The Balaban J connectivity index is 2.41. The Morgan fingerprint density at radius 3 is 3.15 bits per heavy atom. The van der Waals surface area contributed by atoms with Gasteiger partial charge in [-0.3, -0.25) is 0 Å². The first-order valence-electron chi connectivity index (χ1n) is 4.40. The highest BCUT2D eigenvalue weighted by molar-refractivity contribution is 5.55. The molecule has 0 bridgehead atoms. The average Bonchev–Trinajstić information content (AvgIpc) is 2.71. The fourth-order valence-electron chi connectivity index (χ4n) is 1.29. The summed E-state index contributed by atoms with van der Waals surface area (Å²) >= 11 is 0. The van der Waals surface area contributed by atoms with E-state index in [9.17, 15) is 0 Å². The van der Waals surface area contributed by atoms with Gasteiger partial charge in [0.15, 0.2) is 0 Å². The first kappa shape index (κ1) is 8.05. The number of hydrogen-bond donors (Lipinski definition) is 1. The molecule has 2 heteroatoms. The SMILES string of the molecule is CCc1[c]ccc(-c2ncc[nH]2)c1. The van der Waals surface area contributed by atoms with Crippen LogP contribution >= 0.6 is 0 Å². The molecule has 0 spiro atoms. The number of imidazole rings is 1. The molecule has 1 heterocycles. The number of aryl methyl sites for hydroxylation is 1. The van der Waals surface area contributed by atoms with Gasteiger partial charge in [-0.15, -0.1) is 0 Å². The fraction of sp³-hybridized carbons (Fsp3) is 0.182. The van der Waals surface area contributed by atoms with E-state index < -0.39 is 0 Å². The molecular formula is C11H11N2. The van der Waals surface area contributed by atoms with E-state index in [1.165, 1.54) is 5.56 Å². The van der Waals surface area contributed by atoms with Gasteiger partial charge < -0.3 is 4.98 Å². The molecule has 2 nitrogen and oxygen atoms in total. The molecule has 0 atom stereocenters. The van der Waals surface area contributed by atoms with Crippen molar-refractivity contribution in [2.24, 2.45) is 0 Å². The van der Waals surface area contributed by atoms with E-state index >= 15 is 0 Å². The first-order valence-corrected chi connectivity index (χ1v) is 4.40. The second kappa shape index (κ2) is 3.44. The minimum Gasteiger partial charge on any atom is -0.345 e. The van der Waals surface area contributed by atoms with Gasteiger partial charge in [0.2, 0.25) is 0 Å². The van der Waals surface area contributed by atoms with Crippen LogP contribution in [0.3, 0.4) is 0 Å². The van der Waals surface area contributed by atoms with Crippen molar-refractivity contribution in [2.75, 3.05) is 0 Å². The summed E-state index contributed by atoms with van der Waals surface area (Å²) < 4.78 is 0. The Kier molecular flexibility index (Phi) is 2.13. The summed E-state index contributed by atoms with van der Waals surface area (Å²) in [6, 6.07) is 9.24. The molecule has 0 unspecified atom stereocenters. The van der Waals surface area contributed by atoms with Gasteiger partial charge in [0.25, 0.3) is 0 Å². The van der Waals surface area contributed by atoms with Gasteiger partial charge in [0.05, 0.1) is 0 Å². The van der Waals surface area contributed by atoms with Crippen molar-refractivity contribution < 1.29 is 0 Å². The van der Waals surface area contributed by atoms with Crippen LogP contribution in [0.15, 0.2) is 30.6 Å². The minimum atomic E-state index is 0.920.